The van der Waals surface area contributed by atoms with Crippen molar-refractivity contribution in [3.8, 4) is 11.1 Å². The van der Waals surface area contributed by atoms with Crippen molar-refractivity contribution in [3.63, 3.8) is 0 Å². The van der Waals surface area contributed by atoms with Crippen LogP contribution in [-0.2, 0) is 20.9 Å². The smallest absolute Gasteiger partial charge is 0.272 e. The number of amides is 3. The zero-order valence-corrected chi connectivity index (χ0v) is 27.5. The van der Waals surface area contributed by atoms with Crippen LogP contribution >= 0.6 is 11.6 Å². The number of carbonyl (C=O) groups is 3. The number of benzene rings is 4. The van der Waals surface area contributed by atoms with Gasteiger partial charge in [0.05, 0.1) is 23.0 Å². The first-order valence-electron chi connectivity index (χ1n) is 16.4. The number of halogens is 2. The highest BCUT2D eigenvalue weighted by Crippen LogP contribution is 2.39. The second-order valence-corrected chi connectivity index (χ2v) is 13.0. The van der Waals surface area contributed by atoms with E-state index in [0.717, 1.165) is 40.7 Å². The molecule has 3 atom stereocenters. The summed E-state index contributed by atoms with van der Waals surface area (Å²) in [6.45, 7) is 2.13. The summed E-state index contributed by atoms with van der Waals surface area (Å²) in [5, 5.41) is 2.98. The Hall–Kier alpha value is -4.82. The van der Waals surface area contributed by atoms with Crippen LogP contribution < -0.4 is 16.0 Å². The van der Waals surface area contributed by atoms with Crippen LogP contribution in [0.2, 0.25) is 5.02 Å². The normalized spacial score (nSPS) is 17.1. The first-order valence-corrected chi connectivity index (χ1v) is 16.8. The number of fused-ring (bicyclic) bond motifs is 1. The zero-order chi connectivity index (χ0) is 33.8. The molecule has 3 amide bonds. The van der Waals surface area contributed by atoms with Gasteiger partial charge < -0.3 is 16.0 Å². The maximum absolute atomic E-state index is 14.6. The number of rotatable bonds is 12. The van der Waals surface area contributed by atoms with Gasteiger partial charge in [0.15, 0.2) is 0 Å². The minimum Gasteiger partial charge on any atom is -0.369 e. The van der Waals surface area contributed by atoms with Crippen molar-refractivity contribution in [2.75, 3.05) is 4.90 Å². The molecule has 1 aliphatic heterocycles. The maximum atomic E-state index is 14.6. The van der Waals surface area contributed by atoms with E-state index in [9.17, 15) is 18.8 Å². The summed E-state index contributed by atoms with van der Waals surface area (Å²) < 4.78 is 13.9. The van der Waals surface area contributed by atoms with E-state index in [1.165, 1.54) is 6.07 Å². The fourth-order valence-electron chi connectivity index (χ4n) is 6.48. The molecular weight excluding hydrogens is 627 g/mol. The molecule has 1 fully saturated rings. The van der Waals surface area contributed by atoms with Gasteiger partial charge in [-0.3, -0.25) is 14.4 Å². The van der Waals surface area contributed by atoms with Crippen molar-refractivity contribution in [2.24, 2.45) is 28.5 Å². The summed E-state index contributed by atoms with van der Waals surface area (Å²) in [5.74, 6) is -2.74. The number of nitrogens with one attached hydrogen (secondary N) is 1. The molecule has 0 spiro atoms. The van der Waals surface area contributed by atoms with Gasteiger partial charge in [-0.1, -0.05) is 111 Å². The third-order valence-electron chi connectivity index (χ3n) is 9.13. The van der Waals surface area contributed by atoms with Crippen LogP contribution in [0.4, 0.5) is 10.1 Å². The zero-order valence-electron chi connectivity index (χ0n) is 26.7. The van der Waals surface area contributed by atoms with Gasteiger partial charge in [0.25, 0.3) is 5.91 Å². The van der Waals surface area contributed by atoms with Gasteiger partial charge in [-0.05, 0) is 59.7 Å². The SMILES string of the molecule is CCCC(C(N)=O)C(CC1CC1)C(=O)NC1N=C(c2ccccc2)c2ccccc2N(Cc2cccc(-c3ccc(F)c(Cl)c3)c2)C1=O. The number of anilines is 1. The lowest BCUT2D eigenvalue weighted by Gasteiger charge is -2.28. The molecule has 48 heavy (non-hydrogen) atoms. The maximum Gasteiger partial charge on any atom is 0.272 e. The van der Waals surface area contributed by atoms with E-state index in [1.54, 1.807) is 17.0 Å². The number of nitrogens with zero attached hydrogens (tertiary/aromatic N) is 2. The van der Waals surface area contributed by atoms with E-state index in [1.807, 2.05) is 85.8 Å². The molecule has 6 rings (SSSR count). The Labute approximate surface area is 285 Å². The third kappa shape index (κ3) is 7.34. The monoisotopic (exact) mass is 664 g/mol. The summed E-state index contributed by atoms with van der Waals surface area (Å²) in [6, 6.07) is 29.3. The summed E-state index contributed by atoms with van der Waals surface area (Å²) in [5.41, 5.74) is 10.9. The largest absolute Gasteiger partial charge is 0.369 e. The average molecular weight is 665 g/mol. The first-order chi connectivity index (χ1) is 23.2. The summed E-state index contributed by atoms with van der Waals surface area (Å²) in [4.78, 5) is 47.8. The molecule has 3 unspecified atom stereocenters. The van der Waals surface area contributed by atoms with E-state index in [0.29, 0.717) is 36.6 Å². The predicted octanol–water partition coefficient (Wildman–Crippen LogP) is 7.29. The number of nitrogens with two attached hydrogens (primary N) is 1. The molecule has 0 aromatic heterocycles. The Kier molecular flexibility index (Phi) is 10.0. The first kappa shape index (κ1) is 33.1. The van der Waals surface area contributed by atoms with Gasteiger partial charge in [-0.2, -0.15) is 0 Å². The molecular formula is C39H38ClFN4O3. The Morgan fingerprint density at radius 2 is 1.65 bits per heavy atom. The summed E-state index contributed by atoms with van der Waals surface area (Å²) in [7, 11) is 0. The van der Waals surface area contributed by atoms with Gasteiger partial charge in [0.1, 0.15) is 5.82 Å². The highest BCUT2D eigenvalue weighted by atomic mass is 35.5. The standard InChI is InChI=1S/C39H38ClFN4O3/c1-2-9-29(36(42)46)31(21-24-16-17-24)38(47)44-37-39(48)45(23-25-10-8-13-27(20-25)28-18-19-33(41)32(40)22-28)34-15-7-6-14-30(34)35(43-37)26-11-4-3-5-12-26/h3-8,10-15,18-20,22,24,29,31,37H,2,9,16-17,21,23H2,1H3,(H2,42,46)(H,44,47). The Morgan fingerprint density at radius 3 is 2.35 bits per heavy atom. The quantitative estimate of drug-likeness (QED) is 0.166. The van der Waals surface area contributed by atoms with Gasteiger partial charge in [-0.25, -0.2) is 9.38 Å². The van der Waals surface area contributed by atoms with Crippen LogP contribution in [0.15, 0.2) is 102 Å². The molecule has 4 aromatic rings. The van der Waals surface area contributed by atoms with E-state index in [-0.39, 0.29) is 11.6 Å². The average Bonchev–Trinajstić information content (AvgIpc) is 3.93. The topological polar surface area (TPSA) is 105 Å². The molecule has 0 radical (unpaired) electrons. The van der Waals surface area contributed by atoms with Crippen LogP contribution in [-0.4, -0.2) is 29.6 Å². The number of benzodiazepines with no additional fused rings is 1. The minimum atomic E-state index is -1.25. The highest BCUT2D eigenvalue weighted by molar-refractivity contribution is 6.31. The molecule has 246 valence electrons. The van der Waals surface area contributed by atoms with Crippen molar-refractivity contribution in [1.29, 1.82) is 0 Å². The minimum absolute atomic E-state index is 0.0243. The Balaban J connectivity index is 1.39. The highest BCUT2D eigenvalue weighted by Gasteiger charge is 2.40. The number of carbonyl (C=O) groups excluding carboxylic acids is 3. The van der Waals surface area contributed by atoms with E-state index >= 15 is 0 Å². The van der Waals surface area contributed by atoms with Crippen molar-refractivity contribution < 1.29 is 18.8 Å². The molecule has 1 saturated carbocycles. The van der Waals surface area contributed by atoms with Gasteiger partial charge >= 0.3 is 0 Å². The van der Waals surface area contributed by atoms with E-state index < -0.39 is 41.5 Å². The second-order valence-electron chi connectivity index (χ2n) is 12.6. The number of hydrogen-bond donors (Lipinski definition) is 2. The third-order valence-corrected chi connectivity index (χ3v) is 9.42. The molecule has 9 heteroatoms. The molecule has 2 aliphatic rings. The fourth-order valence-corrected chi connectivity index (χ4v) is 6.66. The Bertz CT molecular complexity index is 1860. The molecule has 7 nitrogen and oxygen atoms in total. The second kappa shape index (κ2) is 14.5. The summed E-state index contributed by atoms with van der Waals surface area (Å²) in [6.07, 6.45) is 2.49. The van der Waals surface area contributed by atoms with Crippen molar-refractivity contribution in [2.45, 2.75) is 51.7 Å². The van der Waals surface area contributed by atoms with Crippen LogP contribution in [0.1, 0.15) is 55.7 Å². The number of hydrogen-bond acceptors (Lipinski definition) is 4. The van der Waals surface area contributed by atoms with Gasteiger partial charge in [-0.15, -0.1) is 0 Å². The number of aliphatic imine (C=N–C) groups is 1. The number of primary amides is 1. The lowest BCUT2D eigenvalue weighted by molar-refractivity contribution is -0.135. The van der Waals surface area contributed by atoms with Gasteiger partial charge in [0.2, 0.25) is 18.0 Å². The van der Waals surface area contributed by atoms with E-state index in [4.69, 9.17) is 22.3 Å². The van der Waals surface area contributed by atoms with Gasteiger partial charge in [0, 0.05) is 23.0 Å². The van der Waals surface area contributed by atoms with Crippen LogP contribution in [0, 0.1) is 23.6 Å². The lowest BCUT2D eigenvalue weighted by Crippen LogP contribution is -2.50. The van der Waals surface area contributed by atoms with Crippen molar-refractivity contribution in [3.05, 3.63) is 125 Å². The fraction of sp³-hybridized carbons (Fsp3) is 0.282. The molecule has 0 bridgehead atoms. The van der Waals surface area contributed by atoms with Crippen LogP contribution in [0.5, 0.6) is 0 Å². The van der Waals surface area contributed by atoms with Crippen LogP contribution in [0.3, 0.4) is 0 Å². The molecule has 4 aromatic carbocycles. The Morgan fingerprint density at radius 1 is 0.938 bits per heavy atom. The molecule has 1 aliphatic carbocycles. The molecule has 0 saturated heterocycles. The number of para-hydroxylation sites is 1. The summed E-state index contributed by atoms with van der Waals surface area (Å²) >= 11 is 6.08. The van der Waals surface area contributed by atoms with Crippen molar-refractivity contribution in [1.82, 2.24) is 5.32 Å². The lowest BCUT2D eigenvalue weighted by atomic mass is 9.83. The predicted molar refractivity (Wildman–Crippen MR) is 187 cm³/mol. The van der Waals surface area contributed by atoms with Crippen LogP contribution in [0.25, 0.3) is 11.1 Å². The molecule has 3 N–H and O–H groups in total. The molecule has 1 heterocycles. The van der Waals surface area contributed by atoms with Crippen molar-refractivity contribution >= 4 is 40.7 Å². The van der Waals surface area contributed by atoms with E-state index in [2.05, 4.69) is 5.32 Å².